The fourth-order valence-corrected chi connectivity index (χ4v) is 0. The van der Waals surface area contributed by atoms with Crippen molar-refractivity contribution in [2.75, 3.05) is 13.2 Å². The Bertz CT molecular complexity index is 11.7. The number of rotatable bonds is 0. The van der Waals surface area contributed by atoms with Crippen LogP contribution in [-0.4, -0.2) is 23.4 Å². The first kappa shape index (κ1) is 15.6. The van der Waals surface area contributed by atoms with Gasteiger partial charge < -0.3 is 10.2 Å². The molecule has 0 aromatic carbocycles. The molecule has 0 spiro atoms. The monoisotopic (exact) mass is 156 g/mol. The van der Waals surface area contributed by atoms with E-state index in [-0.39, 0.29) is 32.7 Å². The molecule has 0 aliphatic rings. The molecule has 0 unspecified atom stereocenters. The summed E-state index contributed by atoms with van der Waals surface area (Å²) in [6.45, 7) is 3.86. The van der Waals surface area contributed by atoms with Gasteiger partial charge in [-0.2, -0.15) is 0 Å². The summed E-state index contributed by atoms with van der Waals surface area (Å²) in [7, 11) is 0. The van der Waals surface area contributed by atoms with Crippen LogP contribution in [-0.2, 0) is 19.5 Å². The summed E-state index contributed by atoms with van der Waals surface area (Å²) >= 11 is 0. The first-order valence-electron chi connectivity index (χ1n) is 2.05. The Kier molecular flexibility index (Phi) is 69.5. The van der Waals surface area contributed by atoms with Gasteiger partial charge in [0.2, 0.25) is 0 Å². The molecule has 2 N–H and O–H groups in total. The molecule has 3 heteroatoms. The Morgan fingerprint density at radius 1 is 1.00 bits per heavy atom. The maximum absolute atomic E-state index is 7.57. The maximum atomic E-state index is 7.57. The molecule has 7 heavy (non-hydrogen) atoms. The smallest absolute Gasteiger partial charge is 0.0402 e. The van der Waals surface area contributed by atoms with Crippen molar-refractivity contribution >= 4 is 0 Å². The van der Waals surface area contributed by atoms with E-state index in [4.69, 9.17) is 10.2 Å². The number of aliphatic hydroxyl groups is 2. The largest absolute Gasteiger partial charge is 0.397 e. The van der Waals surface area contributed by atoms with Crippen molar-refractivity contribution in [3.8, 4) is 0 Å². The van der Waals surface area contributed by atoms with Crippen LogP contribution in [0.15, 0.2) is 0 Å². The van der Waals surface area contributed by atoms with Crippen LogP contribution in [0.3, 0.4) is 0 Å². The van der Waals surface area contributed by atoms with Crippen LogP contribution >= 0.6 is 0 Å². The van der Waals surface area contributed by atoms with Gasteiger partial charge in [-0.3, -0.25) is 0 Å². The van der Waals surface area contributed by atoms with Gasteiger partial charge in [-0.05, 0) is 13.8 Å². The average Bonchev–Trinajstić information content (AvgIpc) is 1.39. The van der Waals surface area contributed by atoms with Crippen molar-refractivity contribution in [2.45, 2.75) is 13.8 Å². The van der Waals surface area contributed by atoms with Crippen LogP contribution in [0.1, 0.15) is 13.8 Å². The third-order valence-corrected chi connectivity index (χ3v) is 0. The van der Waals surface area contributed by atoms with Crippen molar-refractivity contribution < 1.29 is 29.7 Å². The fraction of sp³-hybridized carbons (Fsp3) is 1.00. The Morgan fingerprint density at radius 3 is 1.00 bits per heavy atom. The second-order valence-corrected chi connectivity index (χ2v) is 0.632. The van der Waals surface area contributed by atoms with E-state index in [1.54, 1.807) is 13.8 Å². The minimum Gasteiger partial charge on any atom is -0.397 e. The third-order valence-electron chi connectivity index (χ3n) is 0. The van der Waals surface area contributed by atoms with Crippen molar-refractivity contribution in [2.24, 2.45) is 0 Å². The zero-order chi connectivity index (χ0) is 5.41. The Balaban J connectivity index is -0.0000000400. The zero-order valence-corrected chi connectivity index (χ0v) is 7.98. The van der Waals surface area contributed by atoms with Crippen LogP contribution in [0.4, 0.5) is 0 Å². The minimum absolute atomic E-state index is 0. The molecular weight excluding hydrogens is 145 g/mol. The number of aliphatic hydroxyl groups excluding tert-OH is 2. The second-order valence-electron chi connectivity index (χ2n) is 0.632. The summed E-state index contributed by atoms with van der Waals surface area (Å²) in [5, 5.41) is 15.1. The Hall–Kier alpha value is 0.543. The molecule has 0 amide bonds. The van der Waals surface area contributed by atoms with E-state index in [0.29, 0.717) is 0 Å². The van der Waals surface area contributed by atoms with Gasteiger partial charge in [0, 0.05) is 32.7 Å². The van der Waals surface area contributed by atoms with Crippen LogP contribution < -0.4 is 0 Å². The Morgan fingerprint density at radius 2 is 1.00 bits per heavy atom. The van der Waals surface area contributed by atoms with E-state index in [9.17, 15) is 0 Å². The Labute approximate surface area is 57.3 Å². The summed E-state index contributed by atoms with van der Waals surface area (Å²) in [6, 6.07) is 0. The topological polar surface area (TPSA) is 40.5 Å². The van der Waals surface area contributed by atoms with Crippen molar-refractivity contribution in [1.29, 1.82) is 0 Å². The van der Waals surface area contributed by atoms with Gasteiger partial charge in [0.15, 0.2) is 0 Å². The molecule has 0 aliphatic heterocycles. The van der Waals surface area contributed by atoms with E-state index in [0.717, 1.165) is 0 Å². The predicted octanol–water partition coefficient (Wildman–Crippen LogP) is -0.00530. The van der Waals surface area contributed by atoms with E-state index < -0.39 is 0 Å². The van der Waals surface area contributed by atoms with Gasteiger partial charge in [-0.1, -0.05) is 0 Å². The molecule has 0 atom stereocenters. The molecule has 0 heterocycles. The summed E-state index contributed by atoms with van der Waals surface area (Å²) in [5.74, 6) is 0. The summed E-state index contributed by atoms with van der Waals surface area (Å²) in [5.41, 5.74) is 0. The average molecular weight is 158 g/mol. The predicted molar refractivity (Wildman–Crippen MR) is 25.5 cm³/mol. The second kappa shape index (κ2) is 31.1. The molecule has 0 aromatic heterocycles. The first-order chi connectivity index (χ1) is 2.83. The van der Waals surface area contributed by atoms with E-state index in [2.05, 4.69) is 0 Å². The van der Waals surface area contributed by atoms with Gasteiger partial charge in [0.1, 0.15) is 0 Å². The molecule has 42 valence electrons. The van der Waals surface area contributed by atoms with Crippen LogP contribution in [0, 0.1) is 0 Å². The van der Waals surface area contributed by atoms with Crippen LogP contribution in [0.25, 0.3) is 0 Å². The van der Waals surface area contributed by atoms with Crippen molar-refractivity contribution in [3.63, 3.8) is 0 Å². The molecule has 2 nitrogen and oxygen atoms in total. The zero-order valence-electron chi connectivity index (χ0n) is 5.02. The third kappa shape index (κ3) is 457. The van der Waals surface area contributed by atoms with E-state index in [1.807, 2.05) is 0 Å². The number of hydrogen-bond donors (Lipinski definition) is 2. The summed E-state index contributed by atoms with van der Waals surface area (Å²) in [6.07, 6.45) is 0. The molecule has 0 bridgehead atoms. The summed E-state index contributed by atoms with van der Waals surface area (Å²) < 4.78 is 0. The molecule has 0 aliphatic carbocycles. The molecule has 0 rings (SSSR count). The van der Waals surface area contributed by atoms with Gasteiger partial charge in [-0.15, -0.1) is 0 Å². The van der Waals surface area contributed by atoms with E-state index >= 15 is 0 Å². The van der Waals surface area contributed by atoms with Crippen LogP contribution in [0.5, 0.6) is 0 Å². The van der Waals surface area contributed by atoms with Gasteiger partial charge in [0.05, 0.1) is 0 Å². The summed E-state index contributed by atoms with van der Waals surface area (Å²) in [4.78, 5) is 0. The molecule has 0 radical (unpaired) electrons. The van der Waals surface area contributed by atoms with Gasteiger partial charge in [-0.25, -0.2) is 0 Å². The molecule has 0 saturated carbocycles. The maximum Gasteiger partial charge on any atom is 0.0402 e. The minimum atomic E-state index is 0. The SMILES string of the molecule is CCO.CCO.[Zn]. The standard InChI is InChI=1S/2C2H6O.Zn/c2*1-2-3;/h2*3H,2H2,1H3;. The van der Waals surface area contributed by atoms with Gasteiger partial charge in [0.25, 0.3) is 0 Å². The first-order valence-corrected chi connectivity index (χ1v) is 2.05. The normalized spacial score (nSPS) is 5.14. The molecular formula is C4H12O2Zn. The van der Waals surface area contributed by atoms with Crippen LogP contribution in [0.2, 0.25) is 0 Å². The van der Waals surface area contributed by atoms with Crippen molar-refractivity contribution in [3.05, 3.63) is 0 Å². The molecule has 0 fully saturated rings. The van der Waals surface area contributed by atoms with Gasteiger partial charge >= 0.3 is 0 Å². The number of hydrogen-bond acceptors (Lipinski definition) is 2. The molecule has 0 saturated heterocycles. The molecule has 0 aromatic rings. The quantitative estimate of drug-likeness (QED) is 0.486. The van der Waals surface area contributed by atoms with Crippen molar-refractivity contribution in [1.82, 2.24) is 0 Å². The van der Waals surface area contributed by atoms with E-state index in [1.165, 1.54) is 0 Å². The fourth-order valence-electron chi connectivity index (χ4n) is 0.